The number of nitrogens with one attached hydrogen (secondary N) is 2. The van der Waals surface area contributed by atoms with Gasteiger partial charge < -0.3 is 4.90 Å². The summed E-state index contributed by atoms with van der Waals surface area (Å²) in [5, 5.41) is 0. The number of hydrazine groups is 1. The van der Waals surface area contributed by atoms with E-state index in [0.717, 1.165) is 39.0 Å². The van der Waals surface area contributed by atoms with Gasteiger partial charge in [0.15, 0.2) is 0 Å². The third kappa shape index (κ3) is 4.45. The zero-order chi connectivity index (χ0) is 18.5. The summed E-state index contributed by atoms with van der Waals surface area (Å²) in [6.07, 6.45) is 4.33. The Labute approximate surface area is 158 Å². The van der Waals surface area contributed by atoms with Crippen molar-refractivity contribution < 1.29 is 4.79 Å². The molecule has 26 heavy (non-hydrogen) atoms. The third-order valence-corrected chi connectivity index (χ3v) is 5.95. The summed E-state index contributed by atoms with van der Waals surface area (Å²) < 4.78 is 0. The maximum Gasteiger partial charge on any atom is 0.241 e. The van der Waals surface area contributed by atoms with Gasteiger partial charge in [0.1, 0.15) is 6.04 Å². The first-order valence-electron chi connectivity index (χ1n) is 10.2. The lowest BCUT2D eigenvalue weighted by Gasteiger charge is -2.38. The number of amides is 1. The van der Waals surface area contributed by atoms with Gasteiger partial charge >= 0.3 is 0 Å². The molecule has 0 spiro atoms. The van der Waals surface area contributed by atoms with Gasteiger partial charge in [-0.25, -0.2) is 10.9 Å². The van der Waals surface area contributed by atoms with E-state index < -0.39 is 0 Å². The van der Waals surface area contributed by atoms with Gasteiger partial charge in [0, 0.05) is 38.3 Å². The van der Waals surface area contributed by atoms with Crippen molar-refractivity contribution in [3.05, 3.63) is 35.4 Å². The Morgan fingerprint density at radius 3 is 2.42 bits per heavy atom. The minimum Gasteiger partial charge on any atom is -0.339 e. The summed E-state index contributed by atoms with van der Waals surface area (Å²) in [5.74, 6) is 0.243. The van der Waals surface area contributed by atoms with Gasteiger partial charge in [-0.2, -0.15) is 0 Å². The van der Waals surface area contributed by atoms with Gasteiger partial charge in [-0.05, 0) is 37.3 Å². The Balaban J connectivity index is 1.50. The number of aryl methyl sites for hydroxylation is 1. The lowest BCUT2D eigenvalue weighted by Crippen LogP contribution is -2.55. The van der Waals surface area contributed by atoms with Crippen molar-refractivity contribution in [2.24, 2.45) is 0 Å². The average Bonchev–Trinajstić information content (AvgIpc) is 3.18. The minimum atomic E-state index is -0.120. The van der Waals surface area contributed by atoms with Crippen molar-refractivity contribution >= 4 is 5.91 Å². The highest BCUT2D eigenvalue weighted by atomic mass is 16.2. The average molecular weight is 359 g/mol. The monoisotopic (exact) mass is 358 g/mol. The third-order valence-electron chi connectivity index (χ3n) is 5.95. The number of piperazine rings is 1. The minimum absolute atomic E-state index is 0.120. The van der Waals surface area contributed by atoms with E-state index >= 15 is 0 Å². The van der Waals surface area contributed by atoms with Crippen molar-refractivity contribution in [3.63, 3.8) is 0 Å². The van der Waals surface area contributed by atoms with Crippen molar-refractivity contribution in [2.45, 2.75) is 64.6 Å². The number of carbonyl (C=O) groups is 1. The van der Waals surface area contributed by atoms with Crippen LogP contribution < -0.4 is 10.9 Å². The molecule has 144 valence electrons. The predicted octanol–water partition coefficient (Wildman–Crippen LogP) is 2.49. The number of hydrogen-bond donors (Lipinski definition) is 2. The zero-order valence-corrected chi connectivity index (χ0v) is 16.5. The molecule has 0 saturated carbocycles. The molecule has 2 aliphatic heterocycles. The van der Waals surface area contributed by atoms with Crippen LogP contribution in [0.3, 0.4) is 0 Å². The highest BCUT2D eigenvalue weighted by molar-refractivity contribution is 5.82. The predicted molar refractivity (Wildman–Crippen MR) is 106 cm³/mol. The van der Waals surface area contributed by atoms with Gasteiger partial charge in [-0.15, -0.1) is 0 Å². The maximum atomic E-state index is 12.9. The smallest absolute Gasteiger partial charge is 0.241 e. The van der Waals surface area contributed by atoms with E-state index in [1.807, 2.05) is 4.90 Å². The first-order chi connectivity index (χ1) is 12.6. The van der Waals surface area contributed by atoms with E-state index in [9.17, 15) is 4.79 Å². The Morgan fingerprint density at radius 2 is 1.81 bits per heavy atom. The van der Waals surface area contributed by atoms with E-state index in [2.05, 4.69) is 60.8 Å². The lowest BCUT2D eigenvalue weighted by atomic mass is 9.99. The molecule has 2 N–H and O–H groups in total. The summed E-state index contributed by atoms with van der Waals surface area (Å²) in [6.45, 7) is 10.4. The molecular weight excluding hydrogens is 324 g/mol. The topological polar surface area (TPSA) is 47.6 Å². The fourth-order valence-corrected chi connectivity index (χ4v) is 4.13. The van der Waals surface area contributed by atoms with Crippen LogP contribution in [0.1, 0.15) is 57.2 Å². The van der Waals surface area contributed by atoms with Gasteiger partial charge in [-0.3, -0.25) is 9.69 Å². The Bertz CT molecular complexity index is 580. The van der Waals surface area contributed by atoms with E-state index in [4.69, 9.17) is 0 Å². The first-order valence-corrected chi connectivity index (χ1v) is 10.2. The largest absolute Gasteiger partial charge is 0.339 e. The van der Waals surface area contributed by atoms with Crippen molar-refractivity contribution in [1.29, 1.82) is 0 Å². The molecule has 0 bridgehead atoms. The first kappa shape index (κ1) is 19.3. The van der Waals surface area contributed by atoms with Gasteiger partial charge in [-0.1, -0.05) is 44.5 Å². The molecule has 1 aromatic carbocycles. The van der Waals surface area contributed by atoms with Gasteiger partial charge in [0.05, 0.1) is 0 Å². The zero-order valence-electron chi connectivity index (χ0n) is 16.5. The van der Waals surface area contributed by atoms with E-state index in [1.165, 1.54) is 24.0 Å². The molecule has 5 nitrogen and oxygen atoms in total. The quantitative estimate of drug-likeness (QED) is 0.820. The van der Waals surface area contributed by atoms with Crippen molar-refractivity contribution in [3.8, 4) is 0 Å². The summed E-state index contributed by atoms with van der Waals surface area (Å²) in [6, 6.07) is 9.44. The van der Waals surface area contributed by atoms with Crippen molar-refractivity contribution in [2.75, 3.05) is 26.2 Å². The van der Waals surface area contributed by atoms with Crippen LogP contribution in [0.5, 0.6) is 0 Å². The molecule has 0 aliphatic carbocycles. The van der Waals surface area contributed by atoms with Crippen molar-refractivity contribution in [1.82, 2.24) is 20.7 Å². The van der Waals surface area contributed by atoms with E-state index in [-0.39, 0.29) is 18.0 Å². The summed E-state index contributed by atoms with van der Waals surface area (Å²) in [7, 11) is 0. The number of nitrogens with zero attached hydrogens (tertiary/aromatic N) is 2. The van der Waals surface area contributed by atoms with Crippen LogP contribution in [0.25, 0.3) is 0 Å². The summed E-state index contributed by atoms with van der Waals surface area (Å²) in [5.41, 5.74) is 9.15. The molecule has 2 heterocycles. The number of benzene rings is 1. The molecule has 5 heteroatoms. The Kier molecular flexibility index (Phi) is 6.68. The second kappa shape index (κ2) is 8.98. The highest BCUT2D eigenvalue weighted by Crippen LogP contribution is 2.24. The molecule has 2 saturated heterocycles. The van der Waals surface area contributed by atoms with Gasteiger partial charge in [0.2, 0.25) is 5.91 Å². The standard InChI is InChI=1S/C21H34N4O/c1-4-6-16(3)24-11-13-25(14-12-24)21(26)20-15-19(22-23-20)18-9-7-17(5-2)8-10-18/h7-10,16,19-20,22-23H,4-6,11-15H2,1-3H3. The van der Waals surface area contributed by atoms with Gasteiger partial charge in [0.25, 0.3) is 0 Å². The fraction of sp³-hybridized carbons (Fsp3) is 0.667. The summed E-state index contributed by atoms with van der Waals surface area (Å²) in [4.78, 5) is 17.4. The molecule has 0 radical (unpaired) electrons. The second-order valence-corrected chi connectivity index (χ2v) is 7.72. The number of rotatable bonds is 6. The molecule has 1 amide bonds. The van der Waals surface area contributed by atoms with Crippen LogP contribution in [0, 0.1) is 0 Å². The molecule has 0 aromatic heterocycles. The molecule has 2 fully saturated rings. The summed E-state index contributed by atoms with van der Waals surface area (Å²) >= 11 is 0. The molecule has 3 atom stereocenters. The molecule has 1 aromatic rings. The van der Waals surface area contributed by atoms with Crippen LogP contribution in [0.15, 0.2) is 24.3 Å². The maximum absolute atomic E-state index is 12.9. The van der Waals surface area contributed by atoms with E-state index in [1.54, 1.807) is 0 Å². The van der Waals surface area contributed by atoms with Crippen LogP contribution in [-0.4, -0.2) is 54.0 Å². The number of carbonyl (C=O) groups excluding carboxylic acids is 1. The normalized spacial score (nSPS) is 25.4. The Hall–Kier alpha value is -1.43. The molecule has 2 aliphatic rings. The lowest BCUT2D eigenvalue weighted by molar-refractivity contribution is -0.135. The van der Waals surface area contributed by atoms with Crippen LogP contribution in [0.4, 0.5) is 0 Å². The number of hydrogen-bond acceptors (Lipinski definition) is 4. The van der Waals surface area contributed by atoms with E-state index in [0.29, 0.717) is 6.04 Å². The van der Waals surface area contributed by atoms with Crippen LogP contribution in [0.2, 0.25) is 0 Å². The second-order valence-electron chi connectivity index (χ2n) is 7.72. The molecule has 3 unspecified atom stereocenters. The highest BCUT2D eigenvalue weighted by Gasteiger charge is 2.34. The molecular formula is C21H34N4O. The molecule has 3 rings (SSSR count). The SMILES string of the molecule is CCCC(C)N1CCN(C(=O)C2CC(c3ccc(CC)cc3)NN2)CC1. The van der Waals surface area contributed by atoms with Crippen LogP contribution in [-0.2, 0) is 11.2 Å². The van der Waals surface area contributed by atoms with Crippen LogP contribution >= 0.6 is 0 Å². The Morgan fingerprint density at radius 1 is 1.12 bits per heavy atom. The fourth-order valence-electron chi connectivity index (χ4n) is 4.13.